The standard InChI is InChI=1S/C15H24N4O2/c1-11-7-8-13(18-17-11)19-9-5-6-12(10-19)16-14(20)21-15(2,3)4/h7-8,12H,5-6,9-10H2,1-4H3,(H,16,20)/t12-/m0/s1. The number of ether oxygens (including phenoxy) is 1. The summed E-state index contributed by atoms with van der Waals surface area (Å²) in [6.45, 7) is 9.17. The van der Waals surface area contributed by atoms with Gasteiger partial charge in [-0.2, -0.15) is 5.10 Å². The second-order valence-corrected chi connectivity index (χ2v) is 6.46. The van der Waals surface area contributed by atoms with Crippen molar-refractivity contribution < 1.29 is 9.53 Å². The lowest BCUT2D eigenvalue weighted by atomic mass is 10.1. The first-order valence-electron chi connectivity index (χ1n) is 7.38. The van der Waals surface area contributed by atoms with E-state index >= 15 is 0 Å². The van der Waals surface area contributed by atoms with Crippen molar-refractivity contribution in [2.45, 2.75) is 52.2 Å². The van der Waals surface area contributed by atoms with Crippen LogP contribution in [0.2, 0.25) is 0 Å². The number of aryl methyl sites for hydroxylation is 1. The predicted octanol–water partition coefficient (Wildman–Crippen LogP) is 2.28. The predicted molar refractivity (Wildman–Crippen MR) is 81.4 cm³/mol. The van der Waals surface area contributed by atoms with Gasteiger partial charge in [0.2, 0.25) is 0 Å². The zero-order valence-corrected chi connectivity index (χ0v) is 13.2. The average Bonchev–Trinajstić information content (AvgIpc) is 2.37. The molecule has 1 N–H and O–H groups in total. The Kier molecular flexibility index (Phi) is 4.65. The fraction of sp³-hybridized carbons (Fsp3) is 0.667. The number of rotatable bonds is 2. The van der Waals surface area contributed by atoms with Gasteiger partial charge < -0.3 is 15.0 Å². The molecule has 1 atom stereocenters. The molecule has 116 valence electrons. The Labute approximate surface area is 125 Å². The van der Waals surface area contributed by atoms with Crippen molar-refractivity contribution in [2.24, 2.45) is 0 Å². The van der Waals surface area contributed by atoms with Crippen molar-refractivity contribution in [1.29, 1.82) is 0 Å². The Hall–Kier alpha value is -1.85. The first kappa shape index (κ1) is 15.5. The van der Waals surface area contributed by atoms with Gasteiger partial charge in [-0.3, -0.25) is 0 Å². The van der Waals surface area contributed by atoms with Crippen molar-refractivity contribution in [3.8, 4) is 0 Å². The van der Waals surface area contributed by atoms with Crippen molar-refractivity contribution in [3.05, 3.63) is 17.8 Å². The topological polar surface area (TPSA) is 67.4 Å². The first-order chi connectivity index (χ1) is 9.83. The number of nitrogens with one attached hydrogen (secondary N) is 1. The highest BCUT2D eigenvalue weighted by Crippen LogP contribution is 2.17. The smallest absolute Gasteiger partial charge is 0.407 e. The minimum absolute atomic E-state index is 0.0803. The van der Waals surface area contributed by atoms with Gasteiger partial charge in [0.15, 0.2) is 5.82 Å². The molecule has 0 radical (unpaired) electrons. The Morgan fingerprint density at radius 1 is 1.38 bits per heavy atom. The maximum absolute atomic E-state index is 11.8. The van der Waals surface area contributed by atoms with Crippen LogP contribution in [0, 0.1) is 6.92 Å². The summed E-state index contributed by atoms with van der Waals surface area (Å²) in [7, 11) is 0. The summed E-state index contributed by atoms with van der Waals surface area (Å²) in [5.74, 6) is 0.858. The molecule has 0 unspecified atom stereocenters. The summed E-state index contributed by atoms with van der Waals surface area (Å²) in [4.78, 5) is 14.0. The Balaban J connectivity index is 1.91. The summed E-state index contributed by atoms with van der Waals surface area (Å²) >= 11 is 0. The molecule has 0 saturated carbocycles. The summed E-state index contributed by atoms with van der Waals surface area (Å²) in [5, 5.41) is 11.2. The summed E-state index contributed by atoms with van der Waals surface area (Å²) in [5.41, 5.74) is 0.431. The quantitative estimate of drug-likeness (QED) is 0.905. The van der Waals surface area contributed by atoms with Crippen LogP contribution in [0.3, 0.4) is 0 Å². The van der Waals surface area contributed by atoms with Gasteiger partial charge in [-0.25, -0.2) is 4.79 Å². The van der Waals surface area contributed by atoms with E-state index in [0.29, 0.717) is 0 Å². The van der Waals surface area contributed by atoms with E-state index < -0.39 is 5.60 Å². The van der Waals surface area contributed by atoms with Gasteiger partial charge in [-0.15, -0.1) is 5.10 Å². The molecule has 0 aromatic carbocycles. The SMILES string of the molecule is Cc1ccc(N2CCC[C@H](NC(=O)OC(C)(C)C)C2)nn1. The van der Waals surface area contributed by atoms with Crippen molar-refractivity contribution in [3.63, 3.8) is 0 Å². The molecule has 1 aliphatic rings. The molecular weight excluding hydrogens is 268 g/mol. The second kappa shape index (κ2) is 6.28. The minimum Gasteiger partial charge on any atom is -0.444 e. The van der Waals surface area contributed by atoms with Gasteiger partial charge in [0.25, 0.3) is 0 Å². The van der Waals surface area contributed by atoms with Gasteiger partial charge in [0.1, 0.15) is 5.60 Å². The average molecular weight is 292 g/mol. The fourth-order valence-electron chi connectivity index (χ4n) is 2.34. The Morgan fingerprint density at radius 2 is 2.14 bits per heavy atom. The molecule has 1 amide bonds. The maximum atomic E-state index is 11.8. The lowest BCUT2D eigenvalue weighted by Gasteiger charge is -2.34. The number of carbonyl (C=O) groups excluding carboxylic acids is 1. The van der Waals surface area contributed by atoms with E-state index in [4.69, 9.17) is 4.74 Å². The summed E-state index contributed by atoms with van der Waals surface area (Å²) < 4.78 is 5.30. The number of alkyl carbamates (subject to hydrolysis) is 1. The number of amides is 1. The van der Waals surface area contributed by atoms with Crippen molar-refractivity contribution in [2.75, 3.05) is 18.0 Å². The highest BCUT2D eigenvalue weighted by Gasteiger charge is 2.24. The normalized spacial score (nSPS) is 19.2. The zero-order chi connectivity index (χ0) is 15.5. The fourth-order valence-corrected chi connectivity index (χ4v) is 2.34. The molecule has 1 fully saturated rings. The number of anilines is 1. The van der Waals surface area contributed by atoms with Crippen LogP contribution in [0.15, 0.2) is 12.1 Å². The van der Waals surface area contributed by atoms with Crippen molar-refractivity contribution in [1.82, 2.24) is 15.5 Å². The van der Waals surface area contributed by atoms with Crippen LogP contribution in [0.4, 0.5) is 10.6 Å². The van der Waals surface area contributed by atoms with Crippen LogP contribution in [0.1, 0.15) is 39.3 Å². The monoisotopic (exact) mass is 292 g/mol. The molecule has 6 heteroatoms. The van der Waals surface area contributed by atoms with E-state index in [2.05, 4.69) is 20.4 Å². The first-order valence-corrected chi connectivity index (χ1v) is 7.38. The number of aromatic nitrogens is 2. The van der Waals surface area contributed by atoms with E-state index in [0.717, 1.165) is 37.4 Å². The minimum atomic E-state index is -0.471. The lowest BCUT2D eigenvalue weighted by Crippen LogP contribution is -2.49. The number of hydrogen-bond acceptors (Lipinski definition) is 5. The van der Waals surface area contributed by atoms with Gasteiger partial charge in [-0.1, -0.05) is 0 Å². The van der Waals surface area contributed by atoms with E-state index in [1.165, 1.54) is 0 Å². The highest BCUT2D eigenvalue weighted by atomic mass is 16.6. The van der Waals surface area contributed by atoms with Crippen LogP contribution >= 0.6 is 0 Å². The van der Waals surface area contributed by atoms with E-state index in [1.54, 1.807) is 0 Å². The molecule has 0 aliphatic carbocycles. The van der Waals surface area contributed by atoms with E-state index in [9.17, 15) is 4.79 Å². The molecule has 1 aliphatic heterocycles. The molecule has 2 heterocycles. The van der Waals surface area contributed by atoms with Crippen LogP contribution in [-0.4, -0.2) is 41.0 Å². The molecular formula is C15H24N4O2. The molecule has 1 aromatic heterocycles. The number of piperidine rings is 1. The molecule has 6 nitrogen and oxygen atoms in total. The molecule has 1 aromatic rings. The number of carbonyl (C=O) groups is 1. The third-order valence-electron chi connectivity index (χ3n) is 3.25. The van der Waals surface area contributed by atoms with Crippen LogP contribution < -0.4 is 10.2 Å². The summed E-state index contributed by atoms with van der Waals surface area (Å²) in [6.07, 6.45) is 1.61. The third kappa shape index (κ3) is 4.88. The zero-order valence-electron chi connectivity index (χ0n) is 13.2. The molecule has 2 rings (SSSR count). The Morgan fingerprint density at radius 3 is 2.76 bits per heavy atom. The second-order valence-electron chi connectivity index (χ2n) is 6.46. The van der Waals surface area contributed by atoms with Gasteiger partial charge in [0, 0.05) is 19.1 Å². The van der Waals surface area contributed by atoms with Crippen LogP contribution in [-0.2, 0) is 4.74 Å². The van der Waals surface area contributed by atoms with Crippen LogP contribution in [0.5, 0.6) is 0 Å². The molecule has 1 saturated heterocycles. The number of nitrogens with zero attached hydrogens (tertiary/aromatic N) is 3. The third-order valence-corrected chi connectivity index (χ3v) is 3.25. The molecule has 21 heavy (non-hydrogen) atoms. The van der Waals surface area contributed by atoms with Gasteiger partial charge in [-0.05, 0) is 52.7 Å². The lowest BCUT2D eigenvalue weighted by molar-refractivity contribution is 0.0500. The van der Waals surface area contributed by atoms with Gasteiger partial charge in [0.05, 0.1) is 5.69 Å². The molecule has 0 bridgehead atoms. The van der Waals surface area contributed by atoms with Crippen LogP contribution in [0.25, 0.3) is 0 Å². The maximum Gasteiger partial charge on any atom is 0.407 e. The largest absolute Gasteiger partial charge is 0.444 e. The van der Waals surface area contributed by atoms with E-state index in [-0.39, 0.29) is 12.1 Å². The Bertz CT molecular complexity index is 481. The summed E-state index contributed by atoms with van der Waals surface area (Å²) in [6, 6.07) is 4.00. The number of hydrogen-bond donors (Lipinski definition) is 1. The highest BCUT2D eigenvalue weighted by molar-refractivity contribution is 5.68. The van der Waals surface area contributed by atoms with Gasteiger partial charge >= 0.3 is 6.09 Å². The van der Waals surface area contributed by atoms with Crippen molar-refractivity contribution >= 4 is 11.9 Å². The van der Waals surface area contributed by atoms with E-state index in [1.807, 2.05) is 39.8 Å². The molecule has 0 spiro atoms.